The third-order valence-corrected chi connectivity index (χ3v) is 7.37. The lowest BCUT2D eigenvalue weighted by molar-refractivity contribution is 0.307. The summed E-state index contributed by atoms with van der Waals surface area (Å²) in [4.78, 5) is 18.2. The van der Waals surface area contributed by atoms with Crippen LogP contribution in [-0.4, -0.2) is 31.3 Å². The van der Waals surface area contributed by atoms with Crippen LogP contribution in [0.15, 0.2) is 76.5 Å². The zero-order valence-electron chi connectivity index (χ0n) is 18.4. The number of rotatable bonds is 6. The van der Waals surface area contributed by atoms with Gasteiger partial charge in [-0.05, 0) is 43.2 Å². The summed E-state index contributed by atoms with van der Waals surface area (Å²) in [5.41, 5.74) is 3.03. The Hall–Kier alpha value is -3.14. The Morgan fingerprint density at radius 3 is 2.91 bits per heavy atom. The molecule has 1 aliphatic carbocycles. The van der Waals surface area contributed by atoms with Crippen LogP contribution in [0.5, 0.6) is 0 Å². The Morgan fingerprint density at radius 2 is 2.12 bits per heavy atom. The van der Waals surface area contributed by atoms with Crippen molar-refractivity contribution in [3.05, 3.63) is 92.5 Å². The van der Waals surface area contributed by atoms with E-state index in [2.05, 4.69) is 27.3 Å². The van der Waals surface area contributed by atoms with E-state index in [1.165, 1.54) is 23.1 Å². The normalized spacial score (nSPS) is 13.6. The summed E-state index contributed by atoms with van der Waals surface area (Å²) in [5.74, 6) is 1.84. The SMILES string of the molecule is COC1=CC=CCC=C1n1c(SCc2cc(=O)n3cc(C)ccc3n2)nnc1-c1ccc(Cl)s1. The van der Waals surface area contributed by atoms with Gasteiger partial charge in [-0.25, -0.2) is 4.98 Å². The average Bonchev–Trinajstić information content (AvgIpc) is 3.37. The number of aromatic nitrogens is 5. The van der Waals surface area contributed by atoms with Crippen molar-refractivity contribution >= 4 is 46.0 Å². The topological polar surface area (TPSA) is 74.3 Å². The van der Waals surface area contributed by atoms with Crippen molar-refractivity contribution in [2.45, 2.75) is 24.3 Å². The summed E-state index contributed by atoms with van der Waals surface area (Å²) in [6, 6.07) is 9.14. The Morgan fingerprint density at radius 1 is 1.24 bits per heavy atom. The number of thioether (sulfide) groups is 1. The maximum absolute atomic E-state index is 12.6. The Labute approximate surface area is 209 Å². The van der Waals surface area contributed by atoms with Crippen LogP contribution in [0.25, 0.3) is 22.0 Å². The predicted octanol–water partition coefficient (Wildman–Crippen LogP) is 5.60. The van der Waals surface area contributed by atoms with Crippen molar-refractivity contribution < 1.29 is 4.74 Å². The molecule has 0 aliphatic heterocycles. The van der Waals surface area contributed by atoms with Crippen molar-refractivity contribution in [1.29, 1.82) is 0 Å². The molecule has 0 aromatic carbocycles. The number of halogens is 1. The van der Waals surface area contributed by atoms with Crippen LogP contribution >= 0.6 is 34.7 Å². The molecule has 0 radical (unpaired) electrons. The van der Waals surface area contributed by atoms with E-state index in [0.29, 0.717) is 38.2 Å². The molecule has 4 aromatic heterocycles. The first-order valence-corrected chi connectivity index (χ1v) is 12.7. The van der Waals surface area contributed by atoms with Crippen molar-refractivity contribution in [1.82, 2.24) is 24.1 Å². The van der Waals surface area contributed by atoms with E-state index >= 15 is 0 Å². The number of hydrogen-bond acceptors (Lipinski definition) is 7. The van der Waals surface area contributed by atoms with E-state index in [1.54, 1.807) is 23.8 Å². The molecule has 0 spiro atoms. The molecule has 4 heterocycles. The quantitative estimate of drug-likeness (QED) is 0.315. The largest absolute Gasteiger partial charge is 0.495 e. The molecule has 4 aromatic rings. The summed E-state index contributed by atoms with van der Waals surface area (Å²) in [6.45, 7) is 1.95. The van der Waals surface area contributed by atoms with Crippen LogP contribution in [0.3, 0.4) is 0 Å². The van der Waals surface area contributed by atoms with Crippen LogP contribution in [-0.2, 0) is 10.5 Å². The Kier molecular flexibility index (Phi) is 6.40. The van der Waals surface area contributed by atoms with E-state index in [1.807, 2.05) is 47.9 Å². The van der Waals surface area contributed by atoms with Crippen LogP contribution < -0.4 is 5.56 Å². The second-order valence-corrected chi connectivity index (χ2v) is 10.2. The zero-order valence-corrected chi connectivity index (χ0v) is 20.8. The van der Waals surface area contributed by atoms with Gasteiger partial charge in [-0.15, -0.1) is 21.5 Å². The summed E-state index contributed by atoms with van der Waals surface area (Å²) in [7, 11) is 1.64. The first kappa shape index (κ1) is 22.6. The third-order valence-electron chi connectivity index (χ3n) is 5.18. The molecule has 0 unspecified atom stereocenters. The number of methoxy groups -OCH3 is 1. The fourth-order valence-corrected chi connectivity index (χ4v) is 5.47. The number of pyridine rings is 1. The Bertz CT molecular complexity index is 1530. The van der Waals surface area contributed by atoms with Gasteiger partial charge in [0.05, 0.1) is 27.7 Å². The van der Waals surface area contributed by atoms with Crippen molar-refractivity contribution in [2.24, 2.45) is 0 Å². The predicted molar refractivity (Wildman–Crippen MR) is 137 cm³/mol. The van der Waals surface area contributed by atoms with Gasteiger partial charge in [-0.3, -0.25) is 13.8 Å². The highest BCUT2D eigenvalue weighted by Gasteiger charge is 2.22. The van der Waals surface area contributed by atoms with E-state index in [9.17, 15) is 4.79 Å². The molecular formula is C24H20ClN5O2S2. The fourth-order valence-electron chi connectivity index (χ4n) is 3.62. The van der Waals surface area contributed by atoms with Gasteiger partial charge < -0.3 is 4.74 Å². The lowest BCUT2D eigenvalue weighted by Crippen LogP contribution is -2.15. The molecule has 0 amide bonds. The molecule has 0 saturated carbocycles. The minimum atomic E-state index is -0.109. The molecule has 0 bridgehead atoms. The highest BCUT2D eigenvalue weighted by molar-refractivity contribution is 7.98. The number of hydrogen-bond donors (Lipinski definition) is 0. The monoisotopic (exact) mass is 509 g/mol. The minimum absolute atomic E-state index is 0.109. The number of allylic oxidation sites excluding steroid dienone is 5. The third kappa shape index (κ3) is 4.46. The highest BCUT2D eigenvalue weighted by Crippen LogP contribution is 2.36. The van der Waals surface area contributed by atoms with Gasteiger partial charge in [0, 0.05) is 18.0 Å². The molecule has 7 nitrogen and oxygen atoms in total. The maximum Gasteiger partial charge on any atom is 0.258 e. The van der Waals surface area contributed by atoms with E-state index in [4.69, 9.17) is 16.3 Å². The summed E-state index contributed by atoms with van der Waals surface area (Å²) in [5, 5.41) is 9.62. The number of aryl methyl sites for hydroxylation is 1. The molecule has 10 heteroatoms. The van der Waals surface area contributed by atoms with Crippen LogP contribution in [0.4, 0.5) is 0 Å². The molecule has 0 fully saturated rings. The van der Waals surface area contributed by atoms with Crippen LogP contribution in [0, 0.1) is 6.92 Å². The van der Waals surface area contributed by atoms with Crippen molar-refractivity contribution in [2.75, 3.05) is 7.11 Å². The fraction of sp³-hybridized carbons (Fsp3) is 0.167. The van der Waals surface area contributed by atoms with Crippen molar-refractivity contribution in [3.8, 4) is 10.7 Å². The summed E-state index contributed by atoms with van der Waals surface area (Å²) in [6.07, 6.45) is 10.6. The maximum atomic E-state index is 12.6. The number of thiophene rings is 1. The van der Waals surface area contributed by atoms with E-state index in [0.717, 1.165) is 22.6 Å². The highest BCUT2D eigenvalue weighted by atomic mass is 35.5. The van der Waals surface area contributed by atoms with Crippen LogP contribution in [0.2, 0.25) is 4.34 Å². The van der Waals surface area contributed by atoms with Gasteiger partial charge in [0.1, 0.15) is 11.4 Å². The van der Waals surface area contributed by atoms with Gasteiger partial charge in [0.15, 0.2) is 11.0 Å². The second kappa shape index (κ2) is 9.61. The summed E-state index contributed by atoms with van der Waals surface area (Å²) < 4.78 is 9.88. The van der Waals surface area contributed by atoms with E-state index in [-0.39, 0.29) is 5.56 Å². The van der Waals surface area contributed by atoms with Gasteiger partial charge in [0.2, 0.25) is 0 Å². The standard InChI is InChI=1S/C24H20ClN5O2S2/c1-15-8-11-21-26-16(12-22(31)29(21)13-15)14-33-24-28-27-23(19-9-10-20(25)34-19)30(24)17-6-4-3-5-7-18(17)32-2/h3,5-13H,4,14H2,1-2H3. The minimum Gasteiger partial charge on any atom is -0.495 e. The molecule has 34 heavy (non-hydrogen) atoms. The second-order valence-electron chi connectivity index (χ2n) is 7.54. The van der Waals surface area contributed by atoms with Gasteiger partial charge in [-0.1, -0.05) is 47.7 Å². The smallest absolute Gasteiger partial charge is 0.258 e. The van der Waals surface area contributed by atoms with Gasteiger partial charge in [-0.2, -0.15) is 0 Å². The molecule has 172 valence electrons. The van der Waals surface area contributed by atoms with Gasteiger partial charge in [0.25, 0.3) is 5.56 Å². The lowest BCUT2D eigenvalue weighted by Gasteiger charge is -2.15. The van der Waals surface area contributed by atoms with E-state index < -0.39 is 0 Å². The first-order chi connectivity index (χ1) is 16.5. The lowest BCUT2D eigenvalue weighted by atomic mass is 10.3. The van der Waals surface area contributed by atoms with Crippen LogP contribution in [0.1, 0.15) is 17.7 Å². The average molecular weight is 510 g/mol. The molecule has 5 rings (SSSR count). The van der Waals surface area contributed by atoms with Crippen molar-refractivity contribution in [3.63, 3.8) is 0 Å². The zero-order chi connectivity index (χ0) is 23.7. The number of fused-ring (bicyclic) bond motifs is 1. The molecule has 0 N–H and O–H groups in total. The molecular weight excluding hydrogens is 490 g/mol. The number of nitrogens with zero attached hydrogens (tertiary/aromatic N) is 5. The Balaban J connectivity index is 1.54. The molecule has 0 saturated heterocycles. The summed E-state index contributed by atoms with van der Waals surface area (Å²) >= 11 is 9.11. The van der Waals surface area contributed by atoms with Gasteiger partial charge >= 0.3 is 0 Å². The number of ether oxygens (including phenoxy) is 1. The molecule has 0 atom stereocenters. The molecule has 1 aliphatic rings. The first-order valence-electron chi connectivity index (χ1n) is 10.5.